The van der Waals surface area contributed by atoms with E-state index in [0.29, 0.717) is 35.0 Å². The normalized spacial score (nSPS) is 15.0. The summed E-state index contributed by atoms with van der Waals surface area (Å²) in [5, 5.41) is 4.34. The SMILES string of the molecule is Clc1cc(Cl)cc(Nc2ccnc(N3CCOCC3)n2)c1. The molecule has 7 heteroatoms. The van der Waals surface area contributed by atoms with Crippen molar-refractivity contribution in [3.63, 3.8) is 0 Å². The molecule has 1 aromatic carbocycles. The predicted molar refractivity (Wildman–Crippen MR) is 84.8 cm³/mol. The van der Waals surface area contributed by atoms with E-state index in [1.54, 1.807) is 30.5 Å². The number of hydrogen-bond donors (Lipinski definition) is 1. The average Bonchev–Trinajstić information content (AvgIpc) is 2.47. The lowest BCUT2D eigenvalue weighted by Crippen LogP contribution is -2.37. The molecule has 1 fully saturated rings. The minimum absolute atomic E-state index is 0.576. The highest BCUT2D eigenvalue weighted by Crippen LogP contribution is 2.25. The van der Waals surface area contributed by atoms with Gasteiger partial charge in [-0.3, -0.25) is 0 Å². The Morgan fingerprint density at radius 2 is 1.81 bits per heavy atom. The van der Waals surface area contributed by atoms with Crippen LogP contribution in [0.25, 0.3) is 0 Å². The van der Waals surface area contributed by atoms with Crippen LogP contribution in [0.2, 0.25) is 10.0 Å². The summed E-state index contributed by atoms with van der Waals surface area (Å²) < 4.78 is 5.33. The number of halogens is 2. The van der Waals surface area contributed by atoms with E-state index in [9.17, 15) is 0 Å². The van der Waals surface area contributed by atoms with E-state index in [2.05, 4.69) is 20.2 Å². The minimum atomic E-state index is 0.576. The number of rotatable bonds is 3. The van der Waals surface area contributed by atoms with Gasteiger partial charge in [-0.15, -0.1) is 0 Å². The zero-order valence-corrected chi connectivity index (χ0v) is 12.7. The highest BCUT2D eigenvalue weighted by molar-refractivity contribution is 6.35. The maximum atomic E-state index is 5.99. The van der Waals surface area contributed by atoms with Gasteiger partial charge in [-0.05, 0) is 24.3 Å². The van der Waals surface area contributed by atoms with Crippen molar-refractivity contribution >= 4 is 40.7 Å². The fourth-order valence-corrected chi connectivity index (χ4v) is 2.63. The van der Waals surface area contributed by atoms with Crippen molar-refractivity contribution in [1.29, 1.82) is 0 Å². The summed E-state index contributed by atoms with van der Waals surface area (Å²) in [6.07, 6.45) is 1.73. The van der Waals surface area contributed by atoms with E-state index in [4.69, 9.17) is 27.9 Å². The van der Waals surface area contributed by atoms with E-state index >= 15 is 0 Å². The second-order valence-corrected chi connectivity index (χ2v) is 5.50. The van der Waals surface area contributed by atoms with Gasteiger partial charge in [0.25, 0.3) is 0 Å². The number of nitrogens with zero attached hydrogens (tertiary/aromatic N) is 3. The van der Waals surface area contributed by atoms with Crippen molar-refractivity contribution in [3.8, 4) is 0 Å². The molecule has 0 unspecified atom stereocenters. The fourth-order valence-electron chi connectivity index (χ4n) is 2.11. The van der Waals surface area contributed by atoms with E-state index in [1.807, 2.05) is 0 Å². The molecule has 0 bridgehead atoms. The van der Waals surface area contributed by atoms with Crippen LogP contribution in [-0.2, 0) is 4.74 Å². The van der Waals surface area contributed by atoms with Crippen LogP contribution in [0.15, 0.2) is 30.5 Å². The van der Waals surface area contributed by atoms with Crippen LogP contribution in [0.3, 0.4) is 0 Å². The van der Waals surface area contributed by atoms with Crippen LogP contribution >= 0.6 is 23.2 Å². The third-order valence-electron chi connectivity index (χ3n) is 3.07. The molecule has 1 aromatic heterocycles. The maximum absolute atomic E-state index is 5.99. The van der Waals surface area contributed by atoms with E-state index in [0.717, 1.165) is 18.8 Å². The molecule has 2 heterocycles. The Morgan fingerprint density at radius 1 is 1.10 bits per heavy atom. The van der Waals surface area contributed by atoms with E-state index < -0.39 is 0 Å². The Kier molecular flexibility index (Phi) is 4.43. The molecule has 0 radical (unpaired) electrons. The summed E-state index contributed by atoms with van der Waals surface area (Å²) in [6, 6.07) is 7.08. The van der Waals surface area contributed by atoms with Crippen molar-refractivity contribution in [1.82, 2.24) is 9.97 Å². The van der Waals surface area contributed by atoms with E-state index in [-0.39, 0.29) is 0 Å². The molecular formula is C14H14Cl2N4O. The zero-order valence-electron chi connectivity index (χ0n) is 11.2. The first-order valence-electron chi connectivity index (χ1n) is 6.59. The first-order valence-corrected chi connectivity index (χ1v) is 7.35. The summed E-state index contributed by atoms with van der Waals surface area (Å²) in [6.45, 7) is 2.99. The van der Waals surface area contributed by atoms with Gasteiger partial charge in [-0.25, -0.2) is 4.98 Å². The highest BCUT2D eigenvalue weighted by atomic mass is 35.5. The van der Waals surface area contributed by atoms with Crippen LogP contribution in [0, 0.1) is 0 Å². The van der Waals surface area contributed by atoms with Gasteiger partial charge >= 0.3 is 0 Å². The number of morpholine rings is 1. The number of benzene rings is 1. The molecule has 0 aliphatic carbocycles. The Bertz CT molecular complexity index is 612. The van der Waals surface area contributed by atoms with Gasteiger partial charge < -0.3 is 15.0 Å². The first-order chi connectivity index (χ1) is 10.2. The molecule has 1 aliphatic heterocycles. The zero-order chi connectivity index (χ0) is 14.7. The lowest BCUT2D eigenvalue weighted by atomic mass is 10.3. The lowest BCUT2D eigenvalue weighted by molar-refractivity contribution is 0.122. The van der Waals surface area contributed by atoms with Gasteiger partial charge in [0.05, 0.1) is 13.2 Å². The maximum Gasteiger partial charge on any atom is 0.227 e. The van der Waals surface area contributed by atoms with Crippen molar-refractivity contribution in [2.45, 2.75) is 0 Å². The minimum Gasteiger partial charge on any atom is -0.378 e. The molecule has 21 heavy (non-hydrogen) atoms. The first kappa shape index (κ1) is 14.4. The molecule has 2 aromatic rings. The van der Waals surface area contributed by atoms with Gasteiger partial charge in [0.1, 0.15) is 5.82 Å². The highest BCUT2D eigenvalue weighted by Gasteiger charge is 2.14. The Hall–Kier alpha value is -1.56. The Labute approximate surface area is 132 Å². The summed E-state index contributed by atoms with van der Waals surface area (Å²) in [7, 11) is 0. The second kappa shape index (κ2) is 6.47. The van der Waals surface area contributed by atoms with Gasteiger partial charge in [-0.2, -0.15) is 4.98 Å². The summed E-state index contributed by atoms with van der Waals surface area (Å²) >= 11 is 12.0. The molecule has 5 nitrogen and oxygen atoms in total. The standard InChI is InChI=1S/C14H14Cl2N4O/c15-10-7-11(16)9-12(8-10)18-13-1-2-17-14(19-13)20-3-5-21-6-4-20/h1-2,7-9H,3-6H2,(H,17,18,19). The smallest absolute Gasteiger partial charge is 0.227 e. The van der Waals surface area contributed by atoms with Crippen LogP contribution in [0.1, 0.15) is 0 Å². The Morgan fingerprint density at radius 3 is 2.52 bits per heavy atom. The molecule has 0 spiro atoms. The molecular weight excluding hydrogens is 311 g/mol. The van der Waals surface area contributed by atoms with Gasteiger partial charge in [0, 0.05) is 35.0 Å². The summed E-state index contributed by atoms with van der Waals surface area (Å²) in [5.41, 5.74) is 0.791. The second-order valence-electron chi connectivity index (χ2n) is 4.62. The fraction of sp³-hybridized carbons (Fsp3) is 0.286. The van der Waals surface area contributed by atoms with Crippen molar-refractivity contribution in [2.75, 3.05) is 36.5 Å². The number of aromatic nitrogens is 2. The van der Waals surface area contributed by atoms with Gasteiger partial charge in [-0.1, -0.05) is 23.2 Å². The molecule has 0 atom stereocenters. The number of anilines is 3. The van der Waals surface area contributed by atoms with Crippen LogP contribution in [0.4, 0.5) is 17.5 Å². The summed E-state index contributed by atoms with van der Waals surface area (Å²) in [5.74, 6) is 1.39. The molecule has 110 valence electrons. The topological polar surface area (TPSA) is 50.3 Å². The van der Waals surface area contributed by atoms with E-state index in [1.165, 1.54) is 0 Å². The lowest BCUT2D eigenvalue weighted by Gasteiger charge is -2.26. The third kappa shape index (κ3) is 3.75. The number of hydrogen-bond acceptors (Lipinski definition) is 5. The average molecular weight is 325 g/mol. The molecule has 1 aliphatic rings. The van der Waals surface area contributed by atoms with Gasteiger partial charge in [0.2, 0.25) is 5.95 Å². The monoisotopic (exact) mass is 324 g/mol. The summed E-state index contributed by atoms with van der Waals surface area (Å²) in [4.78, 5) is 10.9. The van der Waals surface area contributed by atoms with Crippen LogP contribution in [-0.4, -0.2) is 36.3 Å². The number of ether oxygens (including phenoxy) is 1. The quantitative estimate of drug-likeness (QED) is 0.938. The molecule has 0 amide bonds. The van der Waals surface area contributed by atoms with Crippen LogP contribution < -0.4 is 10.2 Å². The molecule has 3 rings (SSSR count). The third-order valence-corrected chi connectivity index (χ3v) is 3.51. The molecule has 1 N–H and O–H groups in total. The molecule has 0 saturated carbocycles. The van der Waals surface area contributed by atoms with Crippen molar-refractivity contribution < 1.29 is 4.74 Å². The largest absolute Gasteiger partial charge is 0.378 e. The van der Waals surface area contributed by atoms with Crippen LogP contribution in [0.5, 0.6) is 0 Å². The molecule has 1 saturated heterocycles. The van der Waals surface area contributed by atoms with Gasteiger partial charge in [0.15, 0.2) is 0 Å². The van der Waals surface area contributed by atoms with Crippen molar-refractivity contribution in [2.24, 2.45) is 0 Å². The number of nitrogens with one attached hydrogen (secondary N) is 1. The van der Waals surface area contributed by atoms with Crippen molar-refractivity contribution in [3.05, 3.63) is 40.5 Å². The predicted octanol–water partition coefficient (Wildman–Crippen LogP) is 3.36. The Balaban J connectivity index is 1.79.